The van der Waals surface area contributed by atoms with Gasteiger partial charge in [-0.3, -0.25) is 4.90 Å². The average Bonchev–Trinajstić information content (AvgIpc) is 3.10. The molecule has 1 aliphatic carbocycles. The lowest BCUT2D eigenvalue weighted by Crippen LogP contribution is -2.39. The summed E-state index contributed by atoms with van der Waals surface area (Å²) < 4.78 is 0. The van der Waals surface area contributed by atoms with E-state index in [0.29, 0.717) is 24.3 Å². The second-order valence-corrected chi connectivity index (χ2v) is 5.87. The van der Waals surface area contributed by atoms with E-state index in [2.05, 4.69) is 34.5 Å². The zero-order valence-corrected chi connectivity index (χ0v) is 11.6. The van der Waals surface area contributed by atoms with E-state index in [1.165, 1.54) is 17.7 Å². The Bertz CT molecular complexity index is 387. The molecule has 1 fully saturated rings. The third-order valence-electron chi connectivity index (χ3n) is 3.45. The van der Waals surface area contributed by atoms with Crippen LogP contribution in [0.15, 0.2) is 22.7 Å². The van der Waals surface area contributed by atoms with Crippen LogP contribution in [0.5, 0.6) is 0 Å². The summed E-state index contributed by atoms with van der Waals surface area (Å²) in [5, 5.41) is 13.9. The van der Waals surface area contributed by atoms with Crippen molar-refractivity contribution in [1.29, 1.82) is 0 Å². The molecule has 1 aliphatic rings. The van der Waals surface area contributed by atoms with Crippen molar-refractivity contribution in [2.24, 2.45) is 10.9 Å². The van der Waals surface area contributed by atoms with E-state index in [1.54, 1.807) is 11.3 Å². The second kappa shape index (κ2) is 6.20. The van der Waals surface area contributed by atoms with Crippen molar-refractivity contribution in [2.45, 2.75) is 51.2 Å². The quantitative estimate of drug-likeness (QED) is 0.345. The van der Waals surface area contributed by atoms with Gasteiger partial charge in [-0.25, -0.2) is 0 Å². The van der Waals surface area contributed by atoms with Gasteiger partial charge in [-0.15, -0.1) is 11.3 Å². The summed E-state index contributed by atoms with van der Waals surface area (Å²) >= 11 is 1.80. The number of rotatable bonds is 7. The lowest BCUT2D eigenvalue weighted by molar-refractivity contribution is 0.176. The Morgan fingerprint density at radius 1 is 1.67 bits per heavy atom. The number of hydrogen-bond acceptors (Lipinski definition) is 4. The molecule has 2 rings (SSSR count). The molecule has 18 heavy (non-hydrogen) atoms. The van der Waals surface area contributed by atoms with E-state index in [4.69, 9.17) is 10.9 Å². The van der Waals surface area contributed by atoms with Crippen molar-refractivity contribution in [3.63, 3.8) is 0 Å². The standard InChI is InChI=1S/C13H21N3OS/c1-2-10(8-13(14)15-17)16(11-5-6-11)9-12-4-3-7-18-12/h3-4,7,10-11,17H,2,5-6,8-9H2,1H3,(H2,14,15). The van der Waals surface area contributed by atoms with Crippen molar-refractivity contribution >= 4 is 17.2 Å². The summed E-state index contributed by atoms with van der Waals surface area (Å²) in [6, 6.07) is 5.32. The van der Waals surface area contributed by atoms with Crippen molar-refractivity contribution in [3.8, 4) is 0 Å². The van der Waals surface area contributed by atoms with E-state index >= 15 is 0 Å². The molecule has 0 bridgehead atoms. The van der Waals surface area contributed by atoms with Crippen LogP contribution in [-0.2, 0) is 6.54 Å². The van der Waals surface area contributed by atoms with E-state index in [9.17, 15) is 0 Å². The fourth-order valence-corrected chi connectivity index (χ4v) is 3.04. The number of thiophene rings is 1. The summed E-state index contributed by atoms with van der Waals surface area (Å²) in [6.07, 6.45) is 4.23. The summed E-state index contributed by atoms with van der Waals surface area (Å²) in [5.41, 5.74) is 5.66. The van der Waals surface area contributed by atoms with Crippen LogP contribution in [0.2, 0.25) is 0 Å². The van der Waals surface area contributed by atoms with Gasteiger partial charge in [0.25, 0.3) is 0 Å². The Morgan fingerprint density at radius 2 is 2.44 bits per heavy atom. The Balaban J connectivity index is 2.02. The average molecular weight is 267 g/mol. The molecule has 1 aromatic rings. The highest BCUT2D eigenvalue weighted by molar-refractivity contribution is 7.09. The highest BCUT2D eigenvalue weighted by atomic mass is 32.1. The molecule has 1 atom stereocenters. The van der Waals surface area contributed by atoms with E-state index < -0.39 is 0 Å². The molecule has 0 spiro atoms. The predicted octanol–water partition coefficient (Wildman–Crippen LogP) is 2.63. The third-order valence-corrected chi connectivity index (χ3v) is 4.31. The smallest absolute Gasteiger partial charge is 0.140 e. The second-order valence-electron chi connectivity index (χ2n) is 4.84. The summed E-state index contributed by atoms with van der Waals surface area (Å²) in [4.78, 5) is 3.91. The largest absolute Gasteiger partial charge is 0.409 e. The predicted molar refractivity (Wildman–Crippen MR) is 75.0 cm³/mol. The summed E-state index contributed by atoms with van der Waals surface area (Å²) in [6.45, 7) is 3.15. The van der Waals surface area contributed by atoms with Gasteiger partial charge in [0.05, 0.1) is 0 Å². The first-order valence-corrected chi connectivity index (χ1v) is 7.37. The van der Waals surface area contributed by atoms with Crippen LogP contribution in [0.3, 0.4) is 0 Å². The first kappa shape index (κ1) is 13.4. The first-order valence-electron chi connectivity index (χ1n) is 6.49. The molecule has 100 valence electrons. The van der Waals surface area contributed by atoms with E-state index in [1.807, 2.05) is 0 Å². The Kier molecular flexibility index (Phi) is 4.60. The molecule has 1 heterocycles. The van der Waals surface area contributed by atoms with Crippen LogP contribution in [0.1, 0.15) is 37.5 Å². The molecular weight excluding hydrogens is 246 g/mol. The van der Waals surface area contributed by atoms with Gasteiger partial charge in [0.2, 0.25) is 0 Å². The van der Waals surface area contributed by atoms with Crippen molar-refractivity contribution in [2.75, 3.05) is 0 Å². The lowest BCUT2D eigenvalue weighted by Gasteiger charge is -2.30. The fraction of sp³-hybridized carbons (Fsp3) is 0.615. The van der Waals surface area contributed by atoms with Crippen LogP contribution in [-0.4, -0.2) is 28.0 Å². The number of hydrogen-bond donors (Lipinski definition) is 2. The molecule has 0 amide bonds. The normalized spacial score (nSPS) is 18.2. The van der Waals surface area contributed by atoms with Crippen LogP contribution in [0, 0.1) is 0 Å². The molecule has 0 radical (unpaired) electrons. The van der Waals surface area contributed by atoms with Gasteiger partial charge < -0.3 is 10.9 Å². The molecule has 0 aliphatic heterocycles. The van der Waals surface area contributed by atoms with Crippen molar-refractivity contribution < 1.29 is 5.21 Å². The summed E-state index contributed by atoms with van der Waals surface area (Å²) in [7, 11) is 0. The highest BCUT2D eigenvalue weighted by Gasteiger charge is 2.33. The monoisotopic (exact) mass is 267 g/mol. The zero-order valence-electron chi connectivity index (χ0n) is 10.7. The maximum Gasteiger partial charge on any atom is 0.140 e. The van der Waals surface area contributed by atoms with Crippen LogP contribution < -0.4 is 5.73 Å². The molecule has 5 heteroatoms. The summed E-state index contributed by atoms with van der Waals surface area (Å²) in [5.74, 6) is 0.332. The molecule has 4 nitrogen and oxygen atoms in total. The number of amidine groups is 1. The molecular formula is C13H21N3OS. The Hall–Kier alpha value is -1.07. The van der Waals surface area contributed by atoms with Gasteiger partial charge in [-0.2, -0.15) is 0 Å². The van der Waals surface area contributed by atoms with Crippen LogP contribution in [0.25, 0.3) is 0 Å². The fourth-order valence-electron chi connectivity index (χ4n) is 2.32. The third kappa shape index (κ3) is 3.46. The van der Waals surface area contributed by atoms with E-state index in [-0.39, 0.29) is 0 Å². The van der Waals surface area contributed by atoms with Crippen molar-refractivity contribution in [1.82, 2.24) is 4.90 Å². The Labute approximate surface area is 112 Å². The van der Waals surface area contributed by atoms with Crippen LogP contribution >= 0.6 is 11.3 Å². The van der Waals surface area contributed by atoms with Crippen molar-refractivity contribution in [3.05, 3.63) is 22.4 Å². The zero-order chi connectivity index (χ0) is 13.0. The minimum Gasteiger partial charge on any atom is -0.409 e. The van der Waals surface area contributed by atoms with Gasteiger partial charge in [0, 0.05) is 29.9 Å². The molecule has 1 aromatic heterocycles. The molecule has 0 aromatic carbocycles. The molecule has 0 saturated heterocycles. The number of nitrogens with two attached hydrogens (primary N) is 1. The SMILES string of the molecule is CCC(CC(N)=NO)N(Cc1cccs1)C1CC1. The minimum atomic E-state index is 0.332. The van der Waals surface area contributed by atoms with Gasteiger partial charge in [0.1, 0.15) is 5.84 Å². The van der Waals surface area contributed by atoms with Gasteiger partial charge >= 0.3 is 0 Å². The minimum absolute atomic E-state index is 0.332. The highest BCUT2D eigenvalue weighted by Crippen LogP contribution is 2.32. The maximum absolute atomic E-state index is 8.72. The molecule has 3 N–H and O–H groups in total. The topological polar surface area (TPSA) is 61.9 Å². The molecule has 1 unspecified atom stereocenters. The van der Waals surface area contributed by atoms with E-state index in [0.717, 1.165) is 13.0 Å². The first-order chi connectivity index (χ1) is 8.74. The van der Waals surface area contributed by atoms with Crippen LogP contribution in [0.4, 0.5) is 0 Å². The lowest BCUT2D eigenvalue weighted by atomic mass is 10.1. The Morgan fingerprint density at radius 3 is 2.94 bits per heavy atom. The van der Waals surface area contributed by atoms with Gasteiger partial charge in [-0.1, -0.05) is 18.1 Å². The number of oxime groups is 1. The maximum atomic E-state index is 8.72. The van der Waals surface area contributed by atoms with Gasteiger partial charge in [-0.05, 0) is 30.7 Å². The van der Waals surface area contributed by atoms with Gasteiger partial charge in [0.15, 0.2) is 0 Å². The number of nitrogens with zero attached hydrogens (tertiary/aromatic N) is 2. The molecule has 1 saturated carbocycles.